The smallest absolute Gasteiger partial charge is 0.220 e. The van der Waals surface area contributed by atoms with Crippen molar-refractivity contribution in [3.05, 3.63) is 37.1 Å². The first kappa shape index (κ1) is 16.2. The molecule has 2 aromatic heterocycles. The fourth-order valence-corrected chi connectivity index (χ4v) is 3.70. The SMILES string of the molecule is C[C@@H](Oc1cc(-c2cnccn2)cc2ncn(C3CC3)c12)C1CNC(=O)C1. The highest BCUT2D eigenvalue weighted by Crippen LogP contribution is 2.41. The lowest BCUT2D eigenvalue weighted by atomic mass is 10.0. The number of nitrogens with zero attached hydrogens (tertiary/aromatic N) is 4. The molecule has 3 aromatic rings. The second kappa shape index (κ2) is 6.33. The van der Waals surface area contributed by atoms with Crippen LogP contribution in [0.5, 0.6) is 5.75 Å². The number of amides is 1. The monoisotopic (exact) mass is 363 g/mol. The number of benzene rings is 1. The zero-order valence-electron chi connectivity index (χ0n) is 15.1. The van der Waals surface area contributed by atoms with Crippen LogP contribution in [0.25, 0.3) is 22.3 Å². The minimum Gasteiger partial charge on any atom is -0.488 e. The molecule has 5 rings (SSSR count). The third kappa shape index (κ3) is 3.03. The van der Waals surface area contributed by atoms with Crippen LogP contribution in [0.15, 0.2) is 37.1 Å². The zero-order chi connectivity index (χ0) is 18.4. The number of carbonyl (C=O) groups excluding carboxylic acids is 1. The van der Waals surface area contributed by atoms with Gasteiger partial charge in [0, 0.05) is 42.9 Å². The average Bonchev–Trinajstić information content (AvgIpc) is 3.28. The summed E-state index contributed by atoms with van der Waals surface area (Å²) >= 11 is 0. The molecule has 2 fully saturated rings. The Kier molecular flexibility index (Phi) is 3.81. The van der Waals surface area contributed by atoms with Gasteiger partial charge in [-0.1, -0.05) is 0 Å². The maximum Gasteiger partial charge on any atom is 0.220 e. The van der Waals surface area contributed by atoms with Gasteiger partial charge in [0.15, 0.2) is 0 Å². The Morgan fingerprint density at radius 3 is 2.85 bits per heavy atom. The fourth-order valence-electron chi connectivity index (χ4n) is 3.70. The van der Waals surface area contributed by atoms with E-state index < -0.39 is 0 Å². The molecule has 1 saturated carbocycles. The summed E-state index contributed by atoms with van der Waals surface area (Å²) in [6, 6.07) is 4.56. The summed E-state index contributed by atoms with van der Waals surface area (Å²) in [5.41, 5.74) is 3.64. The third-order valence-electron chi connectivity index (χ3n) is 5.42. The van der Waals surface area contributed by atoms with Gasteiger partial charge in [0.2, 0.25) is 5.91 Å². The van der Waals surface area contributed by atoms with Crippen LogP contribution >= 0.6 is 0 Å². The Balaban J connectivity index is 1.57. The molecule has 1 N–H and O–H groups in total. The van der Waals surface area contributed by atoms with Crippen LogP contribution in [0, 0.1) is 5.92 Å². The number of nitrogens with one attached hydrogen (secondary N) is 1. The molecule has 1 unspecified atom stereocenters. The summed E-state index contributed by atoms with van der Waals surface area (Å²) in [7, 11) is 0. The van der Waals surface area contributed by atoms with Crippen molar-refractivity contribution in [1.82, 2.24) is 24.8 Å². The minimum absolute atomic E-state index is 0.0770. The van der Waals surface area contributed by atoms with E-state index in [0.29, 0.717) is 19.0 Å². The first-order chi connectivity index (χ1) is 13.2. The summed E-state index contributed by atoms with van der Waals surface area (Å²) in [5, 5.41) is 2.89. The van der Waals surface area contributed by atoms with Crippen LogP contribution in [-0.4, -0.2) is 38.1 Å². The summed E-state index contributed by atoms with van der Waals surface area (Å²) in [4.78, 5) is 24.8. The maximum atomic E-state index is 11.6. The van der Waals surface area contributed by atoms with Gasteiger partial charge in [-0.3, -0.25) is 14.8 Å². The van der Waals surface area contributed by atoms with Crippen LogP contribution < -0.4 is 10.1 Å². The molecule has 1 saturated heterocycles. The number of rotatable bonds is 5. The van der Waals surface area contributed by atoms with Crippen molar-refractivity contribution in [3.63, 3.8) is 0 Å². The highest BCUT2D eigenvalue weighted by Gasteiger charge is 2.30. The summed E-state index contributed by atoms with van der Waals surface area (Å²) < 4.78 is 8.62. The van der Waals surface area contributed by atoms with Crippen molar-refractivity contribution in [2.75, 3.05) is 6.54 Å². The molecule has 1 aliphatic heterocycles. The van der Waals surface area contributed by atoms with Crippen molar-refractivity contribution < 1.29 is 9.53 Å². The number of hydrogen-bond donors (Lipinski definition) is 1. The van der Waals surface area contributed by atoms with E-state index in [0.717, 1.165) is 28.0 Å². The highest BCUT2D eigenvalue weighted by atomic mass is 16.5. The van der Waals surface area contributed by atoms with Crippen molar-refractivity contribution in [1.29, 1.82) is 0 Å². The van der Waals surface area contributed by atoms with Crippen LogP contribution in [0.1, 0.15) is 32.2 Å². The predicted molar refractivity (Wildman–Crippen MR) is 100 cm³/mol. The van der Waals surface area contributed by atoms with Crippen molar-refractivity contribution in [2.45, 2.75) is 38.3 Å². The molecule has 7 nitrogen and oxygen atoms in total. The van der Waals surface area contributed by atoms with Gasteiger partial charge < -0.3 is 14.6 Å². The fraction of sp³-hybridized carbons (Fsp3) is 0.400. The molecule has 0 bridgehead atoms. The topological polar surface area (TPSA) is 81.9 Å². The average molecular weight is 363 g/mol. The van der Waals surface area contributed by atoms with Gasteiger partial charge in [-0.25, -0.2) is 4.98 Å². The molecule has 7 heteroatoms. The second-order valence-corrected chi connectivity index (χ2v) is 7.41. The molecule has 3 heterocycles. The van der Waals surface area contributed by atoms with Crippen molar-refractivity contribution in [2.24, 2.45) is 5.92 Å². The van der Waals surface area contributed by atoms with Crippen LogP contribution in [0.4, 0.5) is 0 Å². The molecule has 1 aliphatic carbocycles. The van der Waals surface area contributed by atoms with E-state index in [1.165, 1.54) is 12.8 Å². The third-order valence-corrected chi connectivity index (χ3v) is 5.42. The number of aromatic nitrogens is 4. The van der Waals surface area contributed by atoms with E-state index in [1.807, 2.05) is 25.4 Å². The van der Waals surface area contributed by atoms with Crippen molar-refractivity contribution in [3.8, 4) is 17.0 Å². The van der Waals surface area contributed by atoms with Gasteiger partial charge in [-0.2, -0.15) is 0 Å². The van der Waals surface area contributed by atoms with E-state index in [-0.39, 0.29) is 17.9 Å². The Labute approximate surface area is 156 Å². The van der Waals surface area contributed by atoms with Gasteiger partial charge >= 0.3 is 0 Å². The maximum absolute atomic E-state index is 11.6. The predicted octanol–water partition coefficient (Wildman–Crippen LogP) is 2.73. The van der Waals surface area contributed by atoms with Crippen molar-refractivity contribution >= 4 is 16.9 Å². The Bertz CT molecular complexity index is 996. The second-order valence-electron chi connectivity index (χ2n) is 7.41. The summed E-state index contributed by atoms with van der Waals surface area (Å²) in [5.74, 6) is 1.06. The summed E-state index contributed by atoms with van der Waals surface area (Å²) in [6.07, 6.45) is 9.77. The zero-order valence-corrected chi connectivity index (χ0v) is 15.1. The Morgan fingerprint density at radius 1 is 1.26 bits per heavy atom. The van der Waals surface area contributed by atoms with Gasteiger partial charge in [0.05, 0.1) is 23.7 Å². The Morgan fingerprint density at radius 2 is 2.15 bits per heavy atom. The largest absolute Gasteiger partial charge is 0.488 e. The minimum atomic E-state index is -0.0770. The number of hydrogen-bond acceptors (Lipinski definition) is 5. The summed E-state index contributed by atoms with van der Waals surface area (Å²) in [6.45, 7) is 2.69. The first-order valence-corrected chi connectivity index (χ1v) is 9.39. The van der Waals surface area contributed by atoms with Gasteiger partial charge in [-0.15, -0.1) is 0 Å². The number of ether oxygens (including phenoxy) is 1. The molecule has 0 radical (unpaired) electrons. The molecule has 0 spiro atoms. The highest BCUT2D eigenvalue weighted by molar-refractivity contribution is 5.87. The van der Waals surface area contributed by atoms with E-state index in [1.54, 1.807) is 18.6 Å². The molecular formula is C20H21N5O2. The van der Waals surface area contributed by atoms with Crippen LogP contribution in [0.3, 0.4) is 0 Å². The molecule has 1 amide bonds. The van der Waals surface area contributed by atoms with E-state index >= 15 is 0 Å². The van der Waals surface area contributed by atoms with Gasteiger partial charge in [0.25, 0.3) is 0 Å². The lowest BCUT2D eigenvalue weighted by molar-refractivity contribution is -0.119. The molecule has 2 aliphatic rings. The normalized spacial score (nSPS) is 20.6. The molecule has 1 aromatic carbocycles. The number of carbonyl (C=O) groups is 1. The molecular weight excluding hydrogens is 342 g/mol. The van der Waals surface area contributed by atoms with E-state index in [9.17, 15) is 4.79 Å². The first-order valence-electron chi connectivity index (χ1n) is 9.39. The van der Waals surface area contributed by atoms with Gasteiger partial charge in [0.1, 0.15) is 17.4 Å². The lowest BCUT2D eigenvalue weighted by Gasteiger charge is -2.21. The number of imidazole rings is 1. The molecule has 27 heavy (non-hydrogen) atoms. The molecule has 138 valence electrons. The Hall–Kier alpha value is -2.96. The lowest BCUT2D eigenvalue weighted by Crippen LogP contribution is -2.25. The van der Waals surface area contributed by atoms with E-state index in [4.69, 9.17) is 4.74 Å². The van der Waals surface area contributed by atoms with Crippen LogP contribution in [-0.2, 0) is 4.79 Å². The van der Waals surface area contributed by atoms with Crippen LogP contribution in [0.2, 0.25) is 0 Å². The standard InChI is InChI=1S/C20H21N5O2/c1-12(14-8-19(26)23-9-14)27-18-7-13(17-10-21-4-5-22-17)6-16-20(18)25(11-24-16)15-2-3-15/h4-7,10-12,14-15H,2-3,8-9H2,1H3,(H,23,26)/t12-,14?/m1/s1. The molecule has 2 atom stereocenters. The number of fused-ring (bicyclic) bond motifs is 1. The quantitative estimate of drug-likeness (QED) is 0.754. The van der Waals surface area contributed by atoms with E-state index in [2.05, 4.69) is 24.8 Å². The van der Waals surface area contributed by atoms with Gasteiger partial charge in [-0.05, 0) is 31.9 Å².